The molecule has 0 aliphatic carbocycles. The van der Waals surface area contributed by atoms with Gasteiger partial charge in [0.2, 0.25) is 5.65 Å². The summed E-state index contributed by atoms with van der Waals surface area (Å²) in [6, 6.07) is 4.98. The highest BCUT2D eigenvalue weighted by molar-refractivity contribution is 5.96. The fourth-order valence-electron chi connectivity index (χ4n) is 5.54. The maximum absolute atomic E-state index is 13.5. The number of benzene rings is 1. The van der Waals surface area contributed by atoms with Gasteiger partial charge in [-0.3, -0.25) is 14.0 Å². The van der Waals surface area contributed by atoms with Crippen LogP contribution in [-0.4, -0.2) is 91.2 Å². The number of piperazine rings is 1. The zero-order valence-electron chi connectivity index (χ0n) is 23.7. The van der Waals surface area contributed by atoms with Crippen molar-refractivity contribution in [2.24, 2.45) is 0 Å². The Labute approximate surface area is 249 Å². The molecule has 0 saturated carbocycles. The second kappa shape index (κ2) is 11.5. The molecule has 3 aromatic heterocycles. The number of ether oxygens (including phenoxy) is 2. The van der Waals surface area contributed by atoms with Gasteiger partial charge in [-0.2, -0.15) is 13.2 Å². The Kier molecular flexibility index (Phi) is 7.75. The Balaban J connectivity index is 1.17. The standard InChI is InChI=1S/C29H29F3N6O6/c1-2-18-15-19(44-25-24-34-16-22(38(24)8-7-33-25)21-17-43-35-23(21)29(30,31)32)3-4-20(18)26(39)36-9-11-37(12-10-36)27(40)28(41)5-13-42-14-6-28/h3-4,7-8,15-17,41H,2,5-6,9-14H2,1H3. The molecule has 232 valence electrons. The van der Waals surface area contributed by atoms with Gasteiger partial charge in [0.05, 0.1) is 17.5 Å². The normalized spacial score (nSPS) is 17.2. The minimum absolute atomic E-state index is 0.0527. The van der Waals surface area contributed by atoms with Crippen molar-refractivity contribution in [3.8, 4) is 22.9 Å². The minimum Gasteiger partial charge on any atom is -0.436 e. The topological polar surface area (TPSA) is 136 Å². The molecule has 2 amide bonds. The molecule has 1 aromatic carbocycles. The van der Waals surface area contributed by atoms with Gasteiger partial charge in [-0.1, -0.05) is 12.1 Å². The molecule has 0 atom stereocenters. The van der Waals surface area contributed by atoms with Crippen LogP contribution in [0.2, 0.25) is 0 Å². The number of imidazole rings is 1. The third-order valence-corrected chi connectivity index (χ3v) is 7.98. The molecule has 2 aliphatic heterocycles. The summed E-state index contributed by atoms with van der Waals surface area (Å²) in [6.45, 7) is 3.86. The summed E-state index contributed by atoms with van der Waals surface area (Å²) in [4.78, 5) is 38.1. The summed E-state index contributed by atoms with van der Waals surface area (Å²) in [5.74, 6) is -0.0850. The van der Waals surface area contributed by atoms with E-state index in [4.69, 9.17) is 9.47 Å². The molecule has 44 heavy (non-hydrogen) atoms. The monoisotopic (exact) mass is 614 g/mol. The first kappa shape index (κ1) is 29.6. The van der Waals surface area contributed by atoms with Gasteiger partial charge in [-0.15, -0.1) is 0 Å². The van der Waals surface area contributed by atoms with Gasteiger partial charge in [0.25, 0.3) is 17.7 Å². The number of rotatable bonds is 6. The molecule has 2 aliphatic rings. The Hall–Kier alpha value is -4.50. The van der Waals surface area contributed by atoms with Gasteiger partial charge in [-0.25, -0.2) is 9.97 Å². The number of carbonyl (C=O) groups is 2. The predicted molar refractivity (Wildman–Crippen MR) is 147 cm³/mol. The van der Waals surface area contributed by atoms with Gasteiger partial charge in [-0.05, 0) is 30.2 Å². The summed E-state index contributed by atoms with van der Waals surface area (Å²) < 4.78 is 57.5. The van der Waals surface area contributed by atoms with Crippen LogP contribution in [0.3, 0.4) is 0 Å². The van der Waals surface area contributed by atoms with Gasteiger partial charge < -0.3 is 28.9 Å². The SMILES string of the molecule is CCc1cc(Oc2nccn3c(-c4conc4C(F)(F)F)cnc23)ccc1C(=O)N1CCN(C(=O)C2(O)CCOCC2)CC1. The summed E-state index contributed by atoms with van der Waals surface area (Å²) in [6.07, 6.45) is 1.30. The highest BCUT2D eigenvalue weighted by atomic mass is 19.4. The van der Waals surface area contributed by atoms with Crippen molar-refractivity contribution in [2.75, 3.05) is 39.4 Å². The van der Waals surface area contributed by atoms with Crippen LogP contribution in [0, 0.1) is 0 Å². The Morgan fingerprint density at radius 1 is 1.09 bits per heavy atom. The average Bonchev–Trinajstić information content (AvgIpc) is 3.69. The van der Waals surface area contributed by atoms with Crippen molar-refractivity contribution in [2.45, 2.75) is 38.0 Å². The Bertz CT molecular complexity index is 1690. The number of fused-ring (bicyclic) bond motifs is 1. The number of hydrogen-bond acceptors (Lipinski definition) is 9. The van der Waals surface area contributed by atoms with Crippen molar-refractivity contribution in [3.63, 3.8) is 0 Å². The number of aliphatic hydroxyl groups is 1. The zero-order valence-corrected chi connectivity index (χ0v) is 23.7. The molecule has 0 bridgehead atoms. The van der Waals surface area contributed by atoms with E-state index in [1.165, 1.54) is 23.0 Å². The van der Waals surface area contributed by atoms with Crippen LogP contribution in [0.25, 0.3) is 16.9 Å². The van der Waals surface area contributed by atoms with E-state index in [1.54, 1.807) is 28.0 Å². The number of aryl methyl sites for hydroxylation is 1. The Morgan fingerprint density at radius 2 is 1.82 bits per heavy atom. The second-order valence-electron chi connectivity index (χ2n) is 10.6. The number of nitrogens with zero attached hydrogens (tertiary/aromatic N) is 6. The van der Waals surface area contributed by atoms with E-state index in [-0.39, 0.29) is 47.4 Å². The van der Waals surface area contributed by atoms with Crippen molar-refractivity contribution in [1.82, 2.24) is 29.3 Å². The number of carbonyl (C=O) groups excluding carboxylic acids is 2. The molecule has 0 unspecified atom stereocenters. The summed E-state index contributed by atoms with van der Waals surface area (Å²) in [7, 11) is 0. The third-order valence-electron chi connectivity index (χ3n) is 7.98. The smallest absolute Gasteiger partial charge is 0.436 e. The van der Waals surface area contributed by atoms with E-state index in [2.05, 4.69) is 19.6 Å². The van der Waals surface area contributed by atoms with Crippen LogP contribution in [0.4, 0.5) is 13.2 Å². The van der Waals surface area contributed by atoms with E-state index in [1.807, 2.05) is 6.92 Å². The molecule has 12 nitrogen and oxygen atoms in total. The molecule has 4 aromatic rings. The summed E-state index contributed by atoms with van der Waals surface area (Å²) in [5.41, 5.74) is -1.39. The molecular weight excluding hydrogens is 585 g/mol. The number of hydrogen-bond donors (Lipinski definition) is 1. The van der Waals surface area contributed by atoms with Gasteiger partial charge in [0.1, 0.15) is 17.6 Å². The van der Waals surface area contributed by atoms with E-state index in [9.17, 15) is 27.9 Å². The quantitative estimate of drug-likeness (QED) is 0.346. The van der Waals surface area contributed by atoms with E-state index < -0.39 is 17.5 Å². The molecule has 5 heterocycles. The lowest BCUT2D eigenvalue weighted by atomic mass is 9.92. The fourth-order valence-corrected chi connectivity index (χ4v) is 5.54. The molecular formula is C29H29F3N6O6. The van der Waals surface area contributed by atoms with Gasteiger partial charge in [0.15, 0.2) is 5.69 Å². The maximum Gasteiger partial charge on any atom is 0.437 e. The summed E-state index contributed by atoms with van der Waals surface area (Å²) >= 11 is 0. The van der Waals surface area contributed by atoms with Gasteiger partial charge in [0, 0.05) is 70.2 Å². The van der Waals surface area contributed by atoms with E-state index in [0.717, 1.165) is 11.8 Å². The fraction of sp³-hybridized carbons (Fsp3) is 0.414. The first-order valence-corrected chi connectivity index (χ1v) is 14.1. The van der Waals surface area contributed by atoms with Crippen molar-refractivity contribution >= 4 is 17.5 Å². The van der Waals surface area contributed by atoms with Gasteiger partial charge >= 0.3 is 6.18 Å². The van der Waals surface area contributed by atoms with Crippen molar-refractivity contribution in [1.29, 1.82) is 0 Å². The van der Waals surface area contributed by atoms with Crippen LogP contribution in [0.15, 0.2) is 47.6 Å². The third kappa shape index (κ3) is 5.48. The van der Waals surface area contributed by atoms with Crippen LogP contribution < -0.4 is 4.74 Å². The highest BCUT2D eigenvalue weighted by Gasteiger charge is 2.42. The van der Waals surface area contributed by atoms with Crippen molar-refractivity contribution in [3.05, 3.63) is 59.9 Å². The summed E-state index contributed by atoms with van der Waals surface area (Å²) in [5, 5.41) is 13.9. The maximum atomic E-state index is 13.5. The van der Waals surface area contributed by atoms with E-state index >= 15 is 0 Å². The average molecular weight is 615 g/mol. The molecule has 1 N–H and O–H groups in total. The second-order valence-corrected chi connectivity index (χ2v) is 10.6. The minimum atomic E-state index is -4.72. The molecule has 6 rings (SSSR count). The lowest BCUT2D eigenvalue weighted by Crippen LogP contribution is -2.58. The highest BCUT2D eigenvalue weighted by Crippen LogP contribution is 2.37. The molecule has 2 fully saturated rings. The van der Waals surface area contributed by atoms with Crippen LogP contribution in [0.1, 0.15) is 41.4 Å². The molecule has 15 heteroatoms. The van der Waals surface area contributed by atoms with Crippen molar-refractivity contribution < 1.29 is 41.9 Å². The number of amides is 2. The lowest BCUT2D eigenvalue weighted by Gasteiger charge is -2.40. The molecule has 0 spiro atoms. The Morgan fingerprint density at radius 3 is 2.52 bits per heavy atom. The number of halogens is 3. The van der Waals surface area contributed by atoms with Crippen LogP contribution >= 0.6 is 0 Å². The largest absolute Gasteiger partial charge is 0.437 e. The van der Waals surface area contributed by atoms with Crippen LogP contribution in [-0.2, 0) is 22.1 Å². The first-order valence-electron chi connectivity index (χ1n) is 14.1. The molecule has 0 radical (unpaired) electrons. The predicted octanol–water partition coefficient (Wildman–Crippen LogP) is 3.58. The number of aromatic nitrogens is 4. The van der Waals surface area contributed by atoms with Crippen LogP contribution in [0.5, 0.6) is 11.6 Å². The van der Waals surface area contributed by atoms with E-state index in [0.29, 0.717) is 57.1 Å². The number of alkyl halides is 3. The molecule has 2 saturated heterocycles. The lowest BCUT2D eigenvalue weighted by molar-refractivity contribution is -0.162. The zero-order chi connectivity index (χ0) is 31.1. The first-order chi connectivity index (χ1) is 21.1.